The quantitative estimate of drug-likeness (QED) is 0.259. The number of benzene rings is 2. The molecule has 2 rings (SSSR count). The first-order valence-electron chi connectivity index (χ1n) is 10.3. The van der Waals surface area contributed by atoms with E-state index in [0.717, 1.165) is 36.1 Å². The van der Waals surface area contributed by atoms with E-state index >= 15 is 0 Å². The molecule has 2 aromatic carbocycles. The van der Waals surface area contributed by atoms with E-state index in [0.29, 0.717) is 19.3 Å². The Kier molecular flexibility index (Phi) is 8.83. The molecule has 0 aromatic heterocycles. The summed E-state index contributed by atoms with van der Waals surface area (Å²) in [6.45, 7) is 1.95. The fraction of sp³-hybridized carbons (Fsp3) is 0.435. The first-order valence-corrected chi connectivity index (χ1v) is 10.3. The first kappa shape index (κ1) is 24.6. The zero-order valence-corrected chi connectivity index (χ0v) is 17.3. The molecular weight excluding hydrogens is 415 g/mol. The lowest BCUT2D eigenvalue weighted by molar-refractivity contribution is -0.137. The number of hydrogen-bond acceptors (Lipinski definition) is 2. The van der Waals surface area contributed by atoms with Crippen molar-refractivity contribution >= 4 is 17.3 Å². The molecule has 170 valence electrons. The summed E-state index contributed by atoms with van der Waals surface area (Å²) in [5.41, 5.74) is 7.15. The Bertz CT molecular complexity index is 852. The van der Waals surface area contributed by atoms with E-state index in [1.807, 2.05) is 6.92 Å². The molecule has 0 spiro atoms. The molecule has 31 heavy (non-hydrogen) atoms. The fourth-order valence-corrected chi connectivity index (χ4v) is 3.13. The van der Waals surface area contributed by atoms with Crippen molar-refractivity contribution in [3.05, 3.63) is 59.2 Å². The number of unbranched alkanes of at least 4 members (excludes halogenated alkanes) is 2. The van der Waals surface area contributed by atoms with E-state index < -0.39 is 30.0 Å². The summed E-state index contributed by atoms with van der Waals surface area (Å²) >= 11 is 0. The molecule has 0 aliphatic rings. The maximum atomic E-state index is 14.0. The second-order valence-corrected chi connectivity index (χ2v) is 7.52. The van der Waals surface area contributed by atoms with Gasteiger partial charge in [-0.25, -0.2) is 8.78 Å². The molecule has 0 fully saturated rings. The largest absolute Gasteiger partial charge is 0.416 e. The maximum absolute atomic E-state index is 14.0. The van der Waals surface area contributed by atoms with Gasteiger partial charge in [0.2, 0.25) is 6.17 Å². The summed E-state index contributed by atoms with van der Waals surface area (Å²) in [7, 11) is 0. The summed E-state index contributed by atoms with van der Waals surface area (Å²) in [6.07, 6.45) is -5.35. The molecule has 3 nitrogen and oxygen atoms in total. The summed E-state index contributed by atoms with van der Waals surface area (Å²) in [5.74, 6) is -1.08. The van der Waals surface area contributed by atoms with Gasteiger partial charge in [-0.2, -0.15) is 13.2 Å². The number of carbonyl (C=O) groups excluding carboxylic acids is 1. The third-order valence-corrected chi connectivity index (χ3v) is 5.01. The van der Waals surface area contributed by atoms with Crippen molar-refractivity contribution in [3.63, 3.8) is 0 Å². The number of anilines is 2. The van der Waals surface area contributed by atoms with Crippen LogP contribution in [0.3, 0.4) is 0 Å². The van der Waals surface area contributed by atoms with Crippen LogP contribution in [-0.4, -0.2) is 18.3 Å². The smallest absolute Gasteiger partial charge is 0.397 e. The molecule has 0 unspecified atom stereocenters. The third kappa shape index (κ3) is 7.52. The van der Waals surface area contributed by atoms with Gasteiger partial charge in [0, 0.05) is 0 Å². The van der Waals surface area contributed by atoms with Gasteiger partial charge in [0.1, 0.15) is 6.17 Å². The molecule has 3 N–H and O–H groups in total. The summed E-state index contributed by atoms with van der Waals surface area (Å²) in [6, 6.07) is 9.71. The Morgan fingerprint density at radius 3 is 2.19 bits per heavy atom. The van der Waals surface area contributed by atoms with Crippen LogP contribution in [0, 0.1) is 0 Å². The average Bonchev–Trinajstić information content (AvgIpc) is 2.73. The topological polar surface area (TPSA) is 55.1 Å². The van der Waals surface area contributed by atoms with Gasteiger partial charge in [0.25, 0.3) is 5.91 Å². The molecule has 2 atom stereocenters. The van der Waals surface area contributed by atoms with E-state index in [1.165, 1.54) is 18.2 Å². The Hall–Kier alpha value is -2.64. The number of nitrogens with one attached hydrogen (secondary N) is 1. The van der Waals surface area contributed by atoms with Crippen LogP contribution >= 0.6 is 0 Å². The Labute approximate surface area is 178 Å². The van der Waals surface area contributed by atoms with Gasteiger partial charge in [-0.15, -0.1) is 0 Å². The van der Waals surface area contributed by atoms with Gasteiger partial charge < -0.3 is 11.1 Å². The minimum atomic E-state index is -4.37. The molecule has 1 amide bonds. The highest BCUT2D eigenvalue weighted by Crippen LogP contribution is 2.29. The van der Waals surface area contributed by atoms with Crippen LogP contribution in [-0.2, 0) is 23.8 Å². The van der Waals surface area contributed by atoms with Gasteiger partial charge in [0.15, 0.2) is 0 Å². The average molecular weight is 442 g/mol. The molecule has 2 aromatic rings. The molecule has 0 aliphatic heterocycles. The normalized spacial score (nSPS) is 13.6. The van der Waals surface area contributed by atoms with E-state index in [4.69, 9.17) is 5.73 Å². The van der Waals surface area contributed by atoms with Gasteiger partial charge >= 0.3 is 6.18 Å². The van der Waals surface area contributed by atoms with Crippen molar-refractivity contribution in [2.75, 3.05) is 11.1 Å². The Morgan fingerprint density at radius 2 is 1.61 bits per heavy atom. The van der Waals surface area contributed by atoms with E-state index in [1.54, 1.807) is 12.1 Å². The monoisotopic (exact) mass is 442 g/mol. The van der Waals surface area contributed by atoms with Crippen LogP contribution in [0.25, 0.3) is 0 Å². The van der Waals surface area contributed by atoms with Gasteiger partial charge in [0.05, 0.1) is 16.9 Å². The number of nitrogens with two attached hydrogens (primary N) is 1. The summed E-state index contributed by atoms with van der Waals surface area (Å²) in [5, 5.41) is 2.32. The number of aryl methyl sites for hydroxylation is 2. The summed E-state index contributed by atoms with van der Waals surface area (Å²) < 4.78 is 65.7. The van der Waals surface area contributed by atoms with Crippen LogP contribution in [0.4, 0.5) is 33.3 Å². The second-order valence-electron chi connectivity index (χ2n) is 7.52. The number of hydrogen-bond donors (Lipinski definition) is 2. The van der Waals surface area contributed by atoms with Crippen molar-refractivity contribution in [2.24, 2.45) is 0 Å². The van der Waals surface area contributed by atoms with Gasteiger partial charge in [-0.1, -0.05) is 44.4 Å². The van der Waals surface area contributed by atoms with Crippen molar-refractivity contribution in [2.45, 2.75) is 64.0 Å². The second kappa shape index (κ2) is 11.1. The lowest BCUT2D eigenvalue weighted by Gasteiger charge is -2.15. The molecule has 0 bridgehead atoms. The van der Waals surface area contributed by atoms with Crippen molar-refractivity contribution in [1.29, 1.82) is 0 Å². The molecular formula is C23H27F5N2O. The predicted molar refractivity (Wildman–Crippen MR) is 112 cm³/mol. The first-order chi connectivity index (χ1) is 14.6. The third-order valence-electron chi connectivity index (χ3n) is 5.01. The zero-order valence-electron chi connectivity index (χ0n) is 17.3. The number of carbonyl (C=O) groups is 1. The lowest BCUT2D eigenvalue weighted by atomic mass is 10.0. The van der Waals surface area contributed by atoms with Crippen LogP contribution in [0.2, 0.25) is 0 Å². The molecule has 0 saturated carbocycles. The minimum absolute atomic E-state index is 0.0131. The minimum Gasteiger partial charge on any atom is -0.397 e. The van der Waals surface area contributed by atoms with Gasteiger partial charge in [-0.05, 0) is 54.7 Å². The van der Waals surface area contributed by atoms with Crippen molar-refractivity contribution < 1.29 is 26.7 Å². The standard InChI is InChI=1S/C23H27F5N2O/c1-2-3-4-5-18(24)21(25)22(31)30-20-13-10-16(14-19(20)29)7-6-15-8-11-17(12-9-15)23(26,27)28/h8-14,18,21H,2-7,29H2,1H3,(H,30,31)/t18-,21-/m0/s1. The highest BCUT2D eigenvalue weighted by Gasteiger charge is 2.30. The van der Waals surface area contributed by atoms with Crippen molar-refractivity contribution in [1.82, 2.24) is 0 Å². The molecule has 0 saturated heterocycles. The number of nitrogen functional groups attached to an aromatic ring is 1. The van der Waals surface area contributed by atoms with Crippen LogP contribution in [0.5, 0.6) is 0 Å². The number of halogens is 5. The molecule has 0 heterocycles. The SMILES string of the molecule is CCCCC[C@H](F)[C@H](F)C(=O)Nc1ccc(CCc2ccc(C(F)(F)F)cc2)cc1N. The maximum Gasteiger partial charge on any atom is 0.416 e. The van der Waals surface area contributed by atoms with Crippen LogP contribution in [0.1, 0.15) is 49.3 Å². The highest BCUT2D eigenvalue weighted by molar-refractivity contribution is 5.97. The highest BCUT2D eigenvalue weighted by atomic mass is 19.4. The summed E-state index contributed by atoms with van der Waals surface area (Å²) in [4.78, 5) is 12.0. The van der Waals surface area contributed by atoms with E-state index in [2.05, 4.69) is 5.32 Å². The zero-order chi connectivity index (χ0) is 23.0. The number of amides is 1. The number of rotatable bonds is 10. The fourth-order valence-electron chi connectivity index (χ4n) is 3.13. The Morgan fingerprint density at radius 1 is 1.00 bits per heavy atom. The van der Waals surface area contributed by atoms with Crippen LogP contribution in [0.15, 0.2) is 42.5 Å². The van der Waals surface area contributed by atoms with E-state index in [9.17, 15) is 26.7 Å². The molecule has 0 radical (unpaired) electrons. The number of alkyl halides is 5. The van der Waals surface area contributed by atoms with Crippen LogP contribution < -0.4 is 11.1 Å². The molecule has 0 aliphatic carbocycles. The lowest BCUT2D eigenvalue weighted by Crippen LogP contribution is -2.32. The molecule has 8 heteroatoms. The van der Waals surface area contributed by atoms with Gasteiger partial charge in [-0.3, -0.25) is 4.79 Å². The Balaban J connectivity index is 1.91. The van der Waals surface area contributed by atoms with E-state index in [-0.39, 0.29) is 17.8 Å². The van der Waals surface area contributed by atoms with Crippen molar-refractivity contribution in [3.8, 4) is 0 Å². The predicted octanol–water partition coefficient (Wildman–Crippen LogP) is 6.27.